The van der Waals surface area contributed by atoms with Crippen molar-refractivity contribution in [3.63, 3.8) is 0 Å². The number of benzene rings is 1. The van der Waals surface area contributed by atoms with Gasteiger partial charge in [-0.1, -0.05) is 12.1 Å². The molecule has 3 rings (SSSR count). The van der Waals surface area contributed by atoms with E-state index in [0.717, 1.165) is 0 Å². The maximum Gasteiger partial charge on any atom is 0.0481 e. The van der Waals surface area contributed by atoms with Crippen molar-refractivity contribution in [1.29, 1.82) is 0 Å². The molecule has 0 amide bonds. The second-order valence-corrected chi connectivity index (χ2v) is 4.50. The molecule has 1 fully saturated rings. The van der Waals surface area contributed by atoms with E-state index in [9.17, 15) is 0 Å². The monoisotopic (exact) mass is 200 g/mol. The summed E-state index contributed by atoms with van der Waals surface area (Å²) in [4.78, 5) is 0. The third-order valence-electron chi connectivity index (χ3n) is 3.67. The van der Waals surface area contributed by atoms with Crippen molar-refractivity contribution in [3.8, 4) is 0 Å². The van der Waals surface area contributed by atoms with E-state index in [-0.39, 0.29) is 5.54 Å². The Hall–Kier alpha value is -1.28. The van der Waals surface area contributed by atoms with Crippen LogP contribution in [-0.2, 0) is 12.6 Å². The van der Waals surface area contributed by atoms with Gasteiger partial charge in [0.25, 0.3) is 0 Å². The van der Waals surface area contributed by atoms with E-state index in [1.807, 2.05) is 0 Å². The summed E-state index contributed by atoms with van der Waals surface area (Å²) in [7, 11) is 4.17. The van der Waals surface area contributed by atoms with Gasteiger partial charge in [0.05, 0.1) is 0 Å². The molecule has 1 aromatic carbocycles. The minimum absolute atomic E-state index is 0.265. The minimum atomic E-state index is 0.265. The highest BCUT2D eigenvalue weighted by Gasteiger charge is 2.43. The van der Waals surface area contributed by atoms with Crippen molar-refractivity contribution in [3.05, 3.63) is 36.0 Å². The first-order valence-corrected chi connectivity index (χ1v) is 5.50. The largest absolute Gasteiger partial charge is 0.351 e. The van der Waals surface area contributed by atoms with Crippen molar-refractivity contribution < 1.29 is 0 Å². The highest BCUT2D eigenvalue weighted by Crippen LogP contribution is 2.47. The summed E-state index contributed by atoms with van der Waals surface area (Å²) in [5.41, 5.74) is 3.05. The molecule has 0 radical (unpaired) electrons. The van der Waals surface area contributed by atoms with E-state index in [2.05, 4.69) is 54.4 Å². The molecular weight excluding hydrogens is 184 g/mol. The van der Waals surface area contributed by atoms with Crippen LogP contribution in [0.2, 0.25) is 0 Å². The summed E-state index contributed by atoms with van der Waals surface area (Å²) < 4.78 is 2.19. The first-order valence-electron chi connectivity index (χ1n) is 5.50. The van der Waals surface area contributed by atoms with Crippen LogP contribution in [-0.4, -0.2) is 11.6 Å². The van der Waals surface area contributed by atoms with Gasteiger partial charge in [-0.3, -0.25) is 0 Å². The Balaban J connectivity index is 2.27. The molecule has 1 aliphatic carbocycles. The van der Waals surface area contributed by atoms with Gasteiger partial charge in [0.2, 0.25) is 0 Å². The van der Waals surface area contributed by atoms with Crippen LogP contribution in [0.3, 0.4) is 0 Å². The van der Waals surface area contributed by atoms with Crippen LogP contribution >= 0.6 is 0 Å². The maximum absolute atomic E-state index is 3.46. The van der Waals surface area contributed by atoms with Gasteiger partial charge in [-0.25, -0.2) is 0 Å². The molecule has 0 aliphatic heterocycles. The van der Waals surface area contributed by atoms with Gasteiger partial charge in [0.15, 0.2) is 0 Å². The number of nitrogens with zero attached hydrogens (tertiary/aromatic N) is 1. The molecule has 15 heavy (non-hydrogen) atoms. The Morgan fingerprint density at radius 1 is 1.27 bits per heavy atom. The summed E-state index contributed by atoms with van der Waals surface area (Å²) in [6, 6.07) is 8.83. The van der Waals surface area contributed by atoms with Crippen molar-refractivity contribution >= 4 is 10.9 Å². The quantitative estimate of drug-likeness (QED) is 0.787. The van der Waals surface area contributed by atoms with Gasteiger partial charge in [0, 0.05) is 29.7 Å². The number of aromatic nitrogens is 1. The molecule has 2 nitrogen and oxygen atoms in total. The molecule has 78 valence electrons. The highest BCUT2D eigenvalue weighted by molar-refractivity contribution is 5.85. The number of fused-ring (bicyclic) bond motifs is 1. The Bertz CT molecular complexity index is 506. The van der Waals surface area contributed by atoms with Gasteiger partial charge in [-0.05, 0) is 37.6 Å². The van der Waals surface area contributed by atoms with E-state index in [0.29, 0.717) is 0 Å². The topological polar surface area (TPSA) is 17.0 Å². The fourth-order valence-electron chi connectivity index (χ4n) is 2.50. The average Bonchev–Trinajstić information content (AvgIpc) is 2.98. The smallest absolute Gasteiger partial charge is 0.0481 e. The van der Waals surface area contributed by atoms with E-state index < -0.39 is 0 Å². The van der Waals surface area contributed by atoms with Crippen LogP contribution in [0.5, 0.6) is 0 Å². The van der Waals surface area contributed by atoms with Gasteiger partial charge in [0.1, 0.15) is 0 Å². The van der Waals surface area contributed by atoms with E-state index in [1.54, 1.807) is 0 Å². The lowest BCUT2D eigenvalue weighted by Gasteiger charge is -2.15. The molecule has 0 unspecified atom stereocenters. The Morgan fingerprint density at radius 2 is 2.07 bits per heavy atom. The lowest BCUT2D eigenvalue weighted by molar-refractivity contribution is 0.590. The van der Waals surface area contributed by atoms with E-state index >= 15 is 0 Å². The van der Waals surface area contributed by atoms with Crippen molar-refractivity contribution in [2.75, 3.05) is 7.05 Å². The van der Waals surface area contributed by atoms with E-state index in [4.69, 9.17) is 0 Å². The molecule has 1 aromatic heterocycles. The molecule has 0 atom stereocenters. The van der Waals surface area contributed by atoms with Gasteiger partial charge in [-0.15, -0.1) is 0 Å². The molecule has 1 N–H and O–H groups in total. The normalized spacial score (nSPS) is 18.3. The minimum Gasteiger partial charge on any atom is -0.351 e. The zero-order valence-corrected chi connectivity index (χ0v) is 9.25. The number of hydrogen-bond donors (Lipinski definition) is 1. The Morgan fingerprint density at radius 3 is 2.73 bits per heavy atom. The molecule has 1 aliphatic rings. The predicted octanol–water partition coefficient (Wildman–Crippen LogP) is 2.39. The number of rotatable bonds is 2. The molecule has 0 bridgehead atoms. The molecule has 1 heterocycles. The number of nitrogens with one attached hydrogen (secondary N) is 1. The average molecular weight is 200 g/mol. The zero-order valence-electron chi connectivity index (χ0n) is 9.25. The Kier molecular flexibility index (Phi) is 1.71. The number of aryl methyl sites for hydroxylation is 1. The molecule has 0 saturated heterocycles. The van der Waals surface area contributed by atoms with Crippen molar-refractivity contribution in [2.45, 2.75) is 18.4 Å². The van der Waals surface area contributed by atoms with Crippen LogP contribution in [0.4, 0.5) is 0 Å². The van der Waals surface area contributed by atoms with Crippen LogP contribution in [0, 0.1) is 0 Å². The lowest BCUT2D eigenvalue weighted by Crippen LogP contribution is -2.24. The summed E-state index contributed by atoms with van der Waals surface area (Å²) in [6.07, 6.45) is 4.66. The molecule has 0 spiro atoms. The van der Waals surface area contributed by atoms with Gasteiger partial charge < -0.3 is 9.88 Å². The summed E-state index contributed by atoms with van der Waals surface area (Å²) in [5, 5.41) is 4.86. The second-order valence-electron chi connectivity index (χ2n) is 4.50. The second kappa shape index (κ2) is 2.86. The maximum atomic E-state index is 3.46. The summed E-state index contributed by atoms with van der Waals surface area (Å²) in [5.74, 6) is 0. The zero-order chi connectivity index (χ0) is 10.5. The summed E-state index contributed by atoms with van der Waals surface area (Å²) >= 11 is 0. The Labute approximate surface area is 89.9 Å². The van der Waals surface area contributed by atoms with Crippen LogP contribution in [0.1, 0.15) is 18.4 Å². The first-order chi connectivity index (χ1) is 7.27. The fraction of sp³-hybridized carbons (Fsp3) is 0.385. The van der Waals surface area contributed by atoms with Gasteiger partial charge in [-0.2, -0.15) is 0 Å². The molecular formula is C13H16N2. The standard InChI is InChI=1S/C13H16N2/c1-14-13(7-8-13)11-4-3-5-12-10(11)6-9-15(12)2/h3-6,9,14H,7-8H2,1-2H3. The van der Waals surface area contributed by atoms with Crippen molar-refractivity contribution in [2.24, 2.45) is 7.05 Å². The van der Waals surface area contributed by atoms with Gasteiger partial charge >= 0.3 is 0 Å². The highest BCUT2D eigenvalue weighted by atomic mass is 15.0. The lowest BCUT2D eigenvalue weighted by atomic mass is 10.0. The third kappa shape index (κ3) is 1.15. The predicted molar refractivity (Wildman–Crippen MR) is 62.9 cm³/mol. The SMILES string of the molecule is CNC1(c2cccc3c2ccn3C)CC1. The van der Waals surface area contributed by atoms with Crippen LogP contribution in [0.15, 0.2) is 30.5 Å². The van der Waals surface area contributed by atoms with Crippen LogP contribution in [0.25, 0.3) is 10.9 Å². The summed E-state index contributed by atoms with van der Waals surface area (Å²) in [6.45, 7) is 0. The molecule has 2 aromatic rings. The third-order valence-corrected chi connectivity index (χ3v) is 3.67. The molecule has 2 heteroatoms. The number of hydrogen-bond acceptors (Lipinski definition) is 1. The van der Waals surface area contributed by atoms with Crippen molar-refractivity contribution in [1.82, 2.24) is 9.88 Å². The van der Waals surface area contributed by atoms with Crippen LogP contribution < -0.4 is 5.32 Å². The van der Waals surface area contributed by atoms with E-state index in [1.165, 1.54) is 29.3 Å². The molecule has 1 saturated carbocycles. The first kappa shape index (κ1) is 8.98. The fourth-order valence-corrected chi connectivity index (χ4v) is 2.50.